The molecule has 0 aliphatic heterocycles. The van der Waals surface area contributed by atoms with Gasteiger partial charge in [0, 0.05) is 6.42 Å². The van der Waals surface area contributed by atoms with Crippen LogP contribution in [0.5, 0.6) is 5.75 Å². The summed E-state index contributed by atoms with van der Waals surface area (Å²) in [6.45, 7) is 0. The molecule has 1 aliphatic rings. The van der Waals surface area contributed by atoms with Crippen LogP contribution in [0.4, 0.5) is 13.2 Å². The minimum absolute atomic E-state index is 0.116. The van der Waals surface area contributed by atoms with Crippen molar-refractivity contribution in [1.82, 2.24) is 0 Å². The molecule has 2 aromatic carbocycles. The average Bonchev–Trinajstić information content (AvgIpc) is 3.01. The number of fused-ring (bicyclic) bond motifs is 1. The standard InChI is InChI=1S/C19H19F3O3S/c20-19(21,22)11-4-12-26(23,24)25-16-8-1-7-15(13-16)18-10-3-6-14-5-2-9-17(14)18/h1,3,6-8,10,13H,2,4-5,9,11-12H2. The van der Waals surface area contributed by atoms with E-state index >= 15 is 0 Å². The van der Waals surface area contributed by atoms with E-state index in [9.17, 15) is 21.6 Å². The summed E-state index contributed by atoms with van der Waals surface area (Å²) in [5.41, 5.74) is 4.44. The van der Waals surface area contributed by atoms with Crippen LogP contribution < -0.4 is 4.18 Å². The van der Waals surface area contributed by atoms with Crippen molar-refractivity contribution in [2.24, 2.45) is 0 Å². The summed E-state index contributed by atoms with van der Waals surface area (Å²) in [6, 6.07) is 12.7. The molecular formula is C19H19F3O3S. The largest absolute Gasteiger partial charge is 0.389 e. The van der Waals surface area contributed by atoms with Crippen molar-refractivity contribution in [3.63, 3.8) is 0 Å². The summed E-state index contributed by atoms with van der Waals surface area (Å²) >= 11 is 0. The zero-order valence-electron chi connectivity index (χ0n) is 14.1. The first kappa shape index (κ1) is 18.8. The number of hydrogen-bond acceptors (Lipinski definition) is 3. The van der Waals surface area contributed by atoms with E-state index in [0.717, 1.165) is 30.4 Å². The van der Waals surface area contributed by atoms with E-state index in [2.05, 4.69) is 6.07 Å². The van der Waals surface area contributed by atoms with Gasteiger partial charge in [0.2, 0.25) is 0 Å². The lowest BCUT2D eigenvalue weighted by molar-refractivity contribution is -0.134. The summed E-state index contributed by atoms with van der Waals surface area (Å²) in [7, 11) is -4.07. The van der Waals surface area contributed by atoms with E-state index in [1.807, 2.05) is 18.2 Å². The summed E-state index contributed by atoms with van der Waals surface area (Å²) in [5.74, 6) is -0.553. The molecule has 0 amide bonds. The second-order valence-corrected chi connectivity index (χ2v) is 8.08. The first-order chi connectivity index (χ1) is 12.2. The van der Waals surface area contributed by atoms with Crippen molar-refractivity contribution in [3.05, 3.63) is 53.6 Å². The molecule has 0 radical (unpaired) electrons. The Morgan fingerprint density at radius 3 is 2.58 bits per heavy atom. The van der Waals surface area contributed by atoms with Crippen molar-refractivity contribution in [3.8, 4) is 16.9 Å². The van der Waals surface area contributed by atoms with Gasteiger partial charge >= 0.3 is 16.3 Å². The Morgan fingerprint density at radius 1 is 1.04 bits per heavy atom. The molecule has 0 atom stereocenters. The number of hydrogen-bond donors (Lipinski definition) is 0. The van der Waals surface area contributed by atoms with Crippen LogP contribution in [-0.2, 0) is 23.0 Å². The number of aryl methyl sites for hydroxylation is 1. The molecule has 3 nitrogen and oxygen atoms in total. The van der Waals surface area contributed by atoms with Crippen molar-refractivity contribution in [2.45, 2.75) is 38.3 Å². The highest BCUT2D eigenvalue weighted by molar-refractivity contribution is 7.87. The van der Waals surface area contributed by atoms with Crippen molar-refractivity contribution >= 4 is 10.1 Å². The number of halogens is 3. The van der Waals surface area contributed by atoms with Gasteiger partial charge in [-0.25, -0.2) is 0 Å². The summed E-state index contributed by atoms with van der Waals surface area (Å²) < 4.78 is 65.4. The Bertz CT molecular complexity index is 889. The molecule has 0 spiro atoms. The summed E-state index contributed by atoms with van der Waals surface area (Å²) in [5, 5.41) is 0. The van der Waals surface area contributed by atoms with Crippen LogP contribution >= 0.6 is 0 Å². The third kappa shape index (κ3) is 4.78. The number of alkyl halides is 3. The zero-order valence-corrected chi connectivity index (χ0v) is 14.9. The Morgan fingerprint density at radius 2 is 1.81 bits per heavy atom. The molecule has 0 saturated heterocycles. The molecule has 7 heteroatoms. The molecule has 0 N–H and O–H groups in total. The first-order valence-electron chi connectivity index (χ1n) is 8.44. The molecule has 1 aliphatic carbocycles. The maximum Gasteiger partial charge on any atom is 0.389 e. The van der Waals surface area contributed by atoms with Gasteiger partial charge in [0.25, 0.3) is 0 Å². The van der Waals surface area contributed by atoms with E-state index in [1.165, 1.54) is 17.2 Å². The molecule has 0 bridgehead atoms. The van der Waals surface area contributed by atoms with Crippen LogP contribution in [0, 0.1) is 0 Å². The molecule has 0 aromatic heterocycles. The molecule has 0 fully saturated rings. The van der Waals surface area contributed by atoms with Gasteiger partial charge in [-0.2, -0.15) is 21.6 Å². The van der Waals surface area contributed by atoms with E-state index in [0.29, 0.717) is 0 Å². The fourth-order valence-corrected chi connectivity index (χ4v) is 4.22. The van der Waals surface area contributed by atoms with Gasteiger partial charge in [0.05, 0.1) is 5.75 Å². The Hall–Kier alpha value is -2.02. The number of rotatable bonds is 6. The zero-order chi connectivity index (χ0) is 18.8. The summed E-state index contributed by atoms with van der Waals surface area (Å²) in [6.07, 6.45) is -2.93. The Kier molecular flexibility index (Phi) is 5.27. The van der Waals surface area contributed by atoms with Gasteiger partial charge in [-0.05, 0) is 60.1 Å². The van der Waals surface area contributed by atoms with Crippen LogP contribution in [0.15, 0.2) is 42.5 Å². The van der Waals surface area contributed by atoms with Gasteiger partial charge in [-0.15, -0.1) is 0 Å². The third-order valence-electron chi connectivity index (χ3n) is 4.37. The van der Waals surface area contributed by atoms with Crippen LogP contribution in [0.3, 0.4) is 0 Å². The van der Waals surface area contributed by atoms with Crippen LogP contribution in [0.2, 0.25) is 0 Å². The molecule has 3 rings (SSSR count). The Balaban J connectivity index is 1.75. The lowest BCUT2D eigenvalue weighted by Crippen LogP contribution is -2.16. The van der Waals surface area contributed by atoms with Crippen LogP contribution in [0.25, 0.3) is 11.1 Å². The minimum atomic E-state index is -4.37. The van der Waals surface area contributed by atoms with Gasteiger partial charge in [0.15, 0.2) is 0 Å². The van der Waals surface area contributed by atoms with E-state index in [4.69, 9.17) is 4.18 Å². The highest BCUT2D eigenvalue weighted by atomic mass is 32.2. The monoisotopic (exact) mass is 384 g/mol. The normalized spacial score (nSPS) is 14.3. The lowest BCUT2D eigenvalue weighted by Gasteiger charge is -2.12. The molecule has 26 heavy (non-hydrogen) atoms. The second kappa shape index (κ2) is 7.31. The van der Waals surface area contributed by atoms with Gasteiger partial charge in [-0.3, -0.25) is 0 Å². The predicted octanol–water partition coefficient (Wildman–Crippen LogP) is 4.89. The first-order valence-corrected chi connectivity index (χ1v) is 10.0. The molecular weight excluding hydrogens is 365 g/mol. The SMILES string of the molecule is O=S(=O)(CCCC(F)(F)F)Oc1cccc(-c2cccc3c2CCC3)c1. The van der Waals surface area contributed by atoms with Crippen LogP contribution in [0.1, 0.15) is 30.4 Å². The number of benzene rings is 2. The van der Waals surface area contributed by atoms with Crippen molar-refractivity contribution in [1.29, 1.82) is 0 Å². The topological polar surface area (TPSA) is 43.4 Å². The molecule has 2 aromatic rings. The van der Waals surface area contributed by atoms with Crippen molar-refractivity contribution < 1.29 is 25.8 Å². The maximum atomic E-state index is 12.2. The Labute approximate surface area is 150 Å². The molecule has 0 saturated carbocycles. The minimum Gasteiger partial charge on any atom is -0.382 e. The van der Waals surface area contributed by atoms with Crippen molar-refractivity contribution in [2.75, 3.05) is 5.75 Å². The highest BCUT2D eigenvalue weighted by Gasteiger charge is 2.28. The molecule has 140 valence electrons. The van der Waals surface area contributed by atoms with E-state index in [-0.39, 0.29) is 5.75 Å². The lowest BCUT2D eigenvalue weighted by atomic mass is 9.97. The second-order valence-electron chi connectivity index (χ2n) is 6.39. The smallest absolute Gasteiger partial charge is 0.382 e. The third-order valence-corrected chi connectivity index (χ3v) is 5.60. The van der Waals surface area contributed by atoms with E-state index < -0.39 is 34.9 Å². The predicted molar refractivity (Wildman–Crippen MR) is 93.6 cm³/mol. The molecule has 0 heterocycles. The highest BCUT2D eigenvalue weighted by Crippen LogP contribution is 2.34. The fourth-order valence-electron chi connectivity index (χ4n) is 3.24. The van der Waals surface area contributed by atoms with E-state index in [1.54, 1.807) is 12.1 Å². The van der Waals surface area contributed by atoms with Gasteiger partial charge < -0.3 is 4.18 Å². The fraction of sp³-hybridized carbons (Fsp3) is 0.368. The van der Waals surface area contributed by atoms with Crippen LogP contribution in [-0.4, -0.2) is 20.3 Å². The summed E-state index contributed by atoms with van der Waals surface area (Å²) in [4.78, 5) is 0. The average molecular weight is 384 g/mol. The molecule has 0 unspecified atom stereocenters. The van der Waals surface area contributed by atoms with Gasteiger partial charge in [0.1, 0.15) is 5.75 Å². The van der Waals surface area contributed by atoms with Gasteiger partial charge in [-0.1, -0.05) is 30.3 Å². The quantitative estimate of drug-likeness (QED) is 0.666. The maximum absolute atomic E-state index is 12.2.